The summed E-state index contributed by atoms with van der Waals surface area (Å²) in [6, 6.07) is 16.4. The van der Waals surface area contributed by atoms with E-state index in [1.807, 2.05) is 47.1 Å². The number of nitrogens with one attached hydrogen (secondary N) is 4. The number of H-pyrrole nitrogens is 2. The largest absolute Gasteiger partial charge is 0.453 e. The number of methoxy groups -OCH3 is 2. The third-order valence-electron chi connectivity index (χ3n) is 14.1. The molecule has 4 N–H and O–H groups in total. The number of hydrogen-bond acceptors (Lipinski definition) is 10. The summed E-state index contributed by atoms with van der Waals surface area (Å²) in [6.07, 6.45) is 4.47. The molecule has 0 saturated carbocycles. The molecule has 4 aliphatic heterocycles. The monoisotopic (exact) mass is 908 g/mol. The first-order valence-electron chi connectivity index (χ1n) is 22.8. The minimum atomic E-state index is -0.742. The van der Waals surface area contributed by atoms with E-state index in [-0.39, 0.29) is 47.8 Å². The third-order valence-corrected chi connectivity index (χ3v) is 14.3. The number of hydrogen-bond donors (Lipinski definition) is 4. The van der Waals surface area contributed by atoms with E-state index in [1.165, 1.54) is 14.2 Å². The van der Waals surface area contributed by atoms with E-state index in [4.69, 9.17) is 40.5 Å². The number of carbonyl (C=O) groups excluding carboxylic acids is 4. The van der Waals surface area contributed by atoms with Crippen LogP contribution >= 0.6 is 11.6 Å². The summed E-state index contributed by atoms with van der Waals surface area (Å²) in [4.78, 5) is 74.1. The summed E-state index contributed by atoms with van der Waals surface area (Å²) >= 11 is 6.85. The van der Waals surface area contributed by atoms with Gasteiger partial charge in [-0.15, -0.1) is 0 Å². The molecular formula is C48H57ClN8O8. The standard InChI is InChI=1S/C48H57ClN8O8/c1-26-5-15-36(56(26)45(58)39(53-47(60)62-3)30-17-21-64-22-18-30)43-50-35-14-12-33-25-32(11-13-34(33)41(35)52-43)28-7-9-29(10-8-28)38-42(49)55-44(51-38)37-16-6-27(2)57(37)46(59)40(54-48(61)63-4)31-19-23-65-24-20-31/h7-14,25-27,30-31,36-37,39-40H,5-6,15-24H2,1-4H3,(H,50,52)(H,51,55)(H,53,60)(H,54,61). The van der Waals surface area contributed by atoms with Crippen LogP contribution in [0.25, 0.3) is 44.2 Å². The topological polar surface area (TPSA) is 193 Å². The highest BCUT2D eigenvalue weighted by atomic mass is 35.5. The molecule has 0 radical (unpaired) electrons. The molecule has 6 unspecified atom stereocenters. The Morgan fingerprint density at radius 2 is 1.17 bits per heavy atom. The van der Waals surface area contributed by atoms with Crippen LogP contribution in [-0.2, 0) is 28.5 Å². The fourth-order valence-corrected chi connectivity index (χ4v) is 10.7. The fourth-order valence-electron chi connectivity index (χ4n) is 10.5. The van der Waals surface area contributed by atoms with E-state index in [2.05, 4.69) is 51.8 Å². The Hall–Kier alpha value is -5.71. The lowest BCUT2D eigenvalue weighted by molar-refractivity contribution is -0.139. The lowest BCUT2D eigenvalue weighted by Crippen LogP contribution is -2.54. The number of alkyl carbamates (subject to hydrolysis) is 2. The van der Waals surface area contributed by atoms with Crippen LogP contribution < -0.4 is 10.6 Å². The molecule has 2 aromatic heterocycles. The van der Waals surface area contributed by atoms with Gasteiger partial charge in [-0.1, -0.05) is 54.1 Å². The van der Waals surface area contributed by atoms with Gasteiger partial charge < -0.3 is 49.3 Å². The van der Waals surface area contributed by atoms with Crippen LogP contribution in [0.3, 0.4) is 0 Å². The van der Waals surface area contributed by atoms with Crippen molar-refractivity contribution < 1.29 is 38.1 Å². The molecule has 344 valence electrons. The number of amides is 4. The number of benzene rings is 3. The van der Waals surface area contributed by atoms with Crippen molar-refractivity contribution in [3.63, 3.8) is 0 Å². The van der Waals surface area contributed by atoms with Gasteiger partial charge in [-0.2, -0.15) is 0 Å². The van der Waals surface area contributed by atoms with Crippen molar-refractivity contribution in [2.45, 2.75) is 101 Å². The van der Waals surface area contributed by atoms with Gasteiger partial charge in [0, 0.05) is 49.5 Å². The number of carbonyl (C=O) groups is 4. The number of nitrogens with zero attached hydrogens (tertiary/aromatic N) is 4. The van der Waals surface area contributed by atoms with Crippen molar-refractivity contribution in [1.29, 1.82) is 0 Å². The Bertz CT molecular complexity index is 2550. The number of rotatable bonds is 10. The summed E-state index contributed by atoms with van der Waals surface area (Å²) < 4.78 is 20.9. The van der Waals surface area contributed by atoms with Crippen LogP contribution in [0, 0.1) is 11.8 Å². The summed E-state index contributed by atoms with van der Waals surface area (Å²) in [7, 11) is 2.61. The highest BCUT2D eigenvalue weighted by Crippen LogP contribution is 2.41. The van der Waals surface area contributed by atoms with Crippen LogP contribution in [0.5, 0.6) is 0 Å². The number of fused-ring (bicyclic) bond motifs is 3. The molecule has 6 atom stereocenters. The molecule has 0 aliphatic carbocycles. The second-order valence-electron chi connectivity index (χ2n) is 17.9. The second-order valence-corrected chi connectivity index (χ2v) is 18.3. The van der Waals surface area contributed by atoms with Crippen molar-refractivity contribution in [2.75, 3.05) is 40.6 Å². The maximum absolute atomic E-state index is 14.3. The molecule has 4 amide bonds. The zero-order valence-corrected chi connectivity index (χ0v) is 38.0. The Labute approximate surface area is 382 Å². The summed E-state index contributed by atoms with van der Waals surface area (Å²) in [5, 5.41) is 8.07. The van der Waals surface area contributed by atoms with Crippen molar-refractivity contribution in [1.82, 2.24) is 40.4 Å². The third kappa shape index (κ3) is 8.87. The molecular weight excluding hydrogens is 852 g/mol. The average Bonchev–Trinajstić information content (AvgIpc) is 4.14. The Kier molecular flexibility index (Phi) is 13.0. The first-order valence-corrected chi connectivity index (χ1v) is 23.2. The van der Waals surface area contributed by atoms with E-state index in [9.17, 15) is 19.2 Å². The summed E-state index contributed by atoms with van der Waals surface area (Å²) in [6.45, 7) is 6.24. The van der Waals surface area contributed by atoms with Crippen molar-refractivity contribution in [3.05, 3.63) is 71.4 Å². The molecule has 0 spiro atoms. The minimum absolute atomic E-state index is 0.0324. The highest BCUT2D eigenvalue weighted by Gasteiger charge is 2.45. The number of aromatic nitrogens is 4. The summed E-state index contributed by atoms with van der Waals surface area (Å²) in [5.41, 5.74) is 5.19. The van der Waals surface area contributed by atoms with E-state index in [1.54, 1.807) is 0 Å². The maximum Gasteiger partial charge on any atom is 0.407 e. The Balaban J connectivity index is 0.929. The minimum Gasteiger partial charge on any atom is -0.453 e. The quantitative estimate of drug-likeness (QED) is 0.107. The van der Waals surface area contributed by atoms with E-state index in [0.29, 0.717) is 75.2 Å². The SMILES string of the molecule is COC(=O)NC(C(=O)N1C(C)CCC1c1nc(-c2ccc(-c3ccc4c(ccc5[nH]c(C6CCC(C)N6C(=O)C(NC(=O)OC)C6CCOCC6)nc54)c3)cc2)c(Cl)[nH]1)C1CCOCC1. The number of ether oxygens (including phenoxy) is 4. The van der Waals surface area contributed by atoms with Gasteiger partial charge in [-0.25, -0.2) is 19.6 Å². The van der Waals surface area contributed by atoms with Gasteiger partial charge in [0.15, 0.2) is 0 Å². The number of halogens is 1. The predicted octanol–water partition coefficient (Wildman–Crippen LogP) is 7.83. The number of aromatic amines is 2. The molecule has 0 bridgehead atoms. The fraction of sp³-hybridized carbons (Fsp3) is 0.500. The molecule has 4 fully saturated rings. The van der Waals surface area contributed by atoms with E-state index < -0.39 is 24.3 Å². The Morgan fingerprint density at radius 3 is 1.71 bits per heavy atom. The van der Waals surface area contributed by atoms with Gasteiger partial charge in [-0.05, 0) is 106 Å². The molecule has 65 heavy (non-hydrogen) atoms. The highest BCUT2D eigenvalue weighted by molar-refractivity contribution is 6.32. The lowest BCUT2D eigenvalue weighted by Gasteiger charge is -2.36. The molecule has 4 aliphatic rings. The van der Waals surface area contributed by atoms with Crippen LogP contribution in [0.15, 0.2) is 54.6 Å². The van der Waals surface area contributed by atoms with Gasteiger partial charge in [0.2, 0.25) is 11.8 Å². The normalized spacial score (nSPS) is 22.8. The van der Waals surface area contributed by atoms with E-state index in [0.717, 1.165) is 63.6 Å². The molecule has 16 nitrogen and oxygen atoms in total. The average molecular weight is 909 g/mol. The van der Waals surface area contributed by atoms with Crippen molar-refractivity contribution in [3.8, 4) is 22.4 Å². The summed E-state index contributed by atoms with van der Waals surface area (Å²) in [5.74, 6) is 0.922. The van der Waals surface area contributed by atoms with Crippen LogP contribution in [0.1, 0.15) is 88.9 Å². The molecule has 3 aromatic carbocycles. The van der Waals surface area contributed by atoms with Gasteiger partial charge in [0.1, 0.15) is 34.6 Å². The molecule has 17 heteroatoms. The van der Waals surface area contributed by atoms with Crippen LogP contribution in [0.2, 0.25) is 5.15 Å². The predicted molar refractivity (Wildman–Crippen MR) is 244 cm³/mol. The number of imidazole rings is 2. The van der Waals surface area contributed by atoms with Crippen LogP contribution in [-0.4, -0.2) is 119 Å². The maximum atomic E-state index is 14.3. The molecule has 6 heterocycles. The molecule has 9 rings (SSSR count). The van der Waals surface area contributed by atoms with Crippen molar-refractivity contribution in [2.24, 2.45) is 11.8 Å². The first kappa shape index (κ1) is 44.5. The van der Waals surface area contributed by atoms with E-state index >= 15 is 0 Å². The number of likely N-dealkylation sites (tertiary alicyclic amines) is 2. The van der Waals surface area contributed by atoms with Gasteiger partial charge >= 0.3 is 12.2 Å². The van der Waals surface area contributed by atoms with Gasteiger partial charge in [-0.3, -0.25) is 9.59 Å². The second kappa shape index (κ2) is 19.0. The van der Waals surface area contributed by atoms with Crippen molar-refractivity contribution >= 4 is 57.4 Å². The van der Waals surface area contributed by atoms with Gasteiger partial charge in [0.05, 0.1) is 37.3 Å². The van der Waals surface area contributed by atoms with Crippen LogP contribution in [0.4, 0.5) is 9.59 Å². The lowest BCUT2D eigenvalue weighted by atomic mass is 9.90. The zero-order valence-electron chi connectivity index (χ0n) is 37.2. The first-order chi connectivity index (χ1) is 31.5. The smallest absolute Gasteiger partial charge is 0.407 e. The Morgan fingerprint density at radius 1 is 0.662 bits per heavy atom. The zero-order chi connectivity index (χ0) is 45.4. The molecule has 5 aromatic rings. The van der Waals surface area contributed by atoms with Gasteiger partial charge in [0.25, 0.3) is 0 Å². The molecule has 4 saturated heterocycles.